The Balaban J connectivity index is 2.57. The molecule has 7 heteroatoms. The fourth-order valence-electron chi connectivity index (χ4n) is 2.55. The van der Waals surface area contributed by atoms with Gasteiger partial charge < -0.3 is 25.5 Å². The lowest BCUT2D eigenvalue weighted by atomic mass is 9.97. The van der Waals surface area contributed by atoms with Gasteiger partial charge in [-0.15, -0.1) is 0 Å². The van der Waals surface area contributed by atoms with Gasteiger partial charge in [0.25, 0.3) is 0 Å². The highest BCUT2D eigenvalue weighted by Crippen LogP contribution is 2.30. The van der Waals surface area contributed by atoms with Crippen LogP contribution in [0.25, 0.3) is 0 Å². The Hall–Kier alpha value is -2.22. The molecule has 2 aromatic rings. The molecule has 0 bridgehead atoms. The van der Waals surface area contributed by atoms with E-state index in [1.807, 2.05) is 0 Å². The molecule has 2 aromatic heterocycles. The normalized spacial score (nSPS) is 11.0. The summed E-state index contributed by atoms with van der Waals surface area (Å²) in [5, 5.41) is 48.5. The molecule has 0 aliphatic carbocycles. The monoisotopic (exact) mass is 320 g/mol. The van der Waals surface area contributed by atoms with Crippen molar-refractivity contribution in [1.82, 2.24) is 9.97 Å². The number of hydrogen-bond acceptors (Lipinski definition) is 7. The molecule has 0 aliphatic heterocycles. The third-order valence-electron chi connectivity index (χ3n) is 3.91. The van der Waals surface area contributed by atoms with Crippen LogP contribution in [0.4, 0.5) is 0 Å². The van der Waals surface area contributed by atoms with E-state index in [2.05, 4.69) is 9.97 Å². The first-order valence-electron chi connectivity index (χ1n) is 7.13. The first-order valence-corrected chi connectivity index (χ1v) is 7.13. The van der Waals surface area contributed by atoms with Gasteiger partial charge >= 0.3 is 0 Å². The van der Waals surface area contributed by atoms with E-state index in [1.165, 1.54) is 6.20 Å². The van der Waals surface area contributed by atoms with Gasteiger partial charge in [0.1, 0.15) is 11.5 Å². The van der Waals surface area contributed by atoms with Crippen molar-refractivity contribution >= 4 is 0 Å². The van der Waals surface area contributed by atoms with E-state index >= 15 is 0 Å². The van der Waals surface area contributed by atoms with Crippen LogP contribution in [0.2, 0.25) is 0 Å². The molecule has 0 aliphatic rings. The molecular weight excluding hydrogens is 300 g/mol. The van der Waals surface area contributed by atoms with Crippen molar-refractivity contribution in [2.24, 2.45) is 0 Å². The number of aromatic nitrogens is 2. The van der Waals surface area contributed by atoms with Crippen LogP contribution in [0.3, 0.4) is 0 Å². The van der Waals surface area contributed by atoms with Crippen LogP contribution in [0.1, 0.15) is 39.3 Å². The Bertz CT molecular complexity index is 731. The zero-order valence-electron chi connectivity index (χ0n) is 13.0. The van der Waals surface area contributed by atoms with Crippen molar-refractivity contribution in [2.45, 2.75) is 40.1 Å². The maximum absolute atomic E-state index is 10.0. The molecule has 2 heterocycles. The largest absolute Gasteiger partial charge is 0.506 e. The molecule has 0 saturated heterocycles. The van der Waals surface area contributed by atoms with E-state index < -0.39 is 13.2 Å². The average Bonchev–Trinajstić information content (AvgIpc) is 2.54. The van der Waals surface area contributed by atoms with Crippen LogP contribution in [0.5, 0.6) is 11.5 Å². The molecule has 5 N–H and O–H groups in total. The highest BCUT2D eigenvalue weighted by atomic mass is 16.3. The van der Waals surface area contributed by atoms with E-state index in [0.29, 0.717) is 33.8 Å². The predicted molar refractivity (Wildman–Crippen MR) is 81.9 cm³/mol. The Labute approximate surface area is 133 Å². The highest BCUT2D eigenvalue weighted by Gasteiger charge is 2.19. The second-order valence-electron chi connectivity index (χ2n) is 5.30. The molecule has 0 fully saturated rings. The summed E-state index contributed by atoms with van der Waals surface area (Å²) in [5.74, 6) is -0.221. The SMILES string of the molecule is Cc1ncc(Cc2nc(C)c(O)c(CO)c2CO)c(CO)c1O. The average molecular weight is 320 g/mol. The minimum absolute atomic E-state index is 0.0755. The van der Waals surface area contributed by atoms with Crippen molar-refractivity contribution in [1.29, 1.82) is 0 Å². The van der Waals surface area contributed by atoms with Gasteiger partial charge in [0.05, 0.1) is 36.9 Å². The lowest BCUT2D eigenvalue weighted by Gasteiger charge is -2.16. The van der Waals surface area contributed by atoms with E-state index in [9.17, 15) is 25.5 Å². The van der Waals surface area contributed by atoms with Gasteiger partial charge in [0, 0.05) is 29.3 Å². The summed E-state index contributed by atoms with van der Waals surface area (Å²) in [7, 11) is 0. The fraction of sp³-hybridized carbons (Fsp3) is 0.375. The number of hydrogen-bond donors (Lipinski definition) is 5. The van der Waals surface area contributed by atoms with Gasteiger partial charge in [0.2, 0.25) is 0 Å². The van der Waals surface area contributed by atoms with Crippen LogP contribution in [-0.4, -0.2) is 35.5 Å². The smallest absolute Gasteiger partial charge is 0.142 e. The second-order valence-corrected chi connectivity index (χ2v) is 5.30. The van der Waals surface area contributed by atoms with Crippen LogP contribution >= 0.6 is 0 Å². The van der Waals surface area contributed by atoms with E-state index in [1.54, 1.807) is 13.8 Å². The molecule has 23 heavy (non-hydrogen) atoms. The summed E-state index contributed by atoms with van der Waals surface area (Å²) < 4.78 is 0. The molecule has 0 aromatic carbocycles. The van der Waals surface area contributed by atoms with Gasteiger partial charge in [-0.05, 0) is 19.4 Å². The van der Waals surface area contributed by atoms with E-state index in [0.717, 1.165) is 0 Å². The third kappa shape index (κ3) is 3.12. The molecule has 0 amide bonds. The number of aryl methyl sites for hydroxylation is 2. The van der Waals surface area contributed by atoms with Crippen molar-refractivity contribution in [2.75, 3.05) is 0 Å². The summed E-state index contributed by atoms with van der Waals surface area (Å²) in [4.78, 5) is 8.33. The molecule has 2 rings (SSSR count). The van der Waals surface area contributed by atoms with Crippen LogP contribution < -0.4 is 0 Å². The number of aliphatic hydroxyl groups excluding tert-OH is 3. The summed E-state index contributed by atoms with van der Waals surface area (Å²) in [6, 6.07) is 0. The number of nitrogens with zero attached hydrogens (tertiary/aromatic N) is 2. The van der Waals surface area contributed by atoms with Gasteiger partial charge in [-0.25, -0.2) is 0 Å². The summed E-state index contributed by atoms with van der Waals surface area (Å²) >= 11 is 0. The molecular formula is C16H20N2O5. The van der Waals surface area contributed by atoms with Crippen LogP contribution in [0.15, 0.2) is 6.20 Å². The van der Waals surface area contributed by atoms with Crippen LogP contribution in [-0.2, 0) is 26.2 Å². The zero-order chi connectivity index (χ0) is 17.1. The fourth-order valence-corrected chi connectivity index (χ4v) is 2.55. The second kappa shape index (κ2) is 6.91. The van der Waals surface area contributed by atoms with Gasteiger partial charge in [-0.2, -0.15) is 0 Å². The van der Waals surface area contributed by atoms with Crippen molar-refractivity contribution in [3.05, 3.63) is 45.5 Å². The Morgan fingerprint density at radius 2 is 1.39 bits per heavy atom. The van der Waals surface area contributed by atoms with Gasteiger partial charge in [-0.3, -0.25) is 9.97 Å². The number of pyridine rings is 2. The maximum Gasteiger partial charge on any atom is 0.142 e. The minimum Gasteiger partial charge on any atom is -0.506 e. The first-order chi connectivity index (χ1) is 10.9. The van der Waals surface area contributed by atoms with Gasteiger partial charge in [0.15, 0.2) is 0 Å². The topological polar surface area (TPSA) is 127 Å². The Morgan fingerprint density at radius 3 is 1.96 bits per heavy atom. The summed E-state index contributed by atoms with van der Waals surface area (Å²) in [5.41, 5.74) is 2.66. The van der Waals surface area contributed by atoms with Gasteiger partial charge in [-0.1, -0.05) is 0 Å². The standard InChI is InChI=1S/C16H20N2O5/c1-8-15(22)11(5-19)10(4-17-8)3-14-12(6-20)13(7-21)16(23)9(2)18-14/h4,19-23H,3,5-7H2,1-2H3. The molecule has 0 atom stereocenters. The van der Waals surface area contributed by atoms with E-state index in [-0.39, 0.29) is 30.1 Å². The quantitative estimate of drug-likeness (QED) is 0.545. The number of aliphatic hydroxyl groups is 3. The van der Waals surface area contributed by atoms with Crippen molar-refractivity contribution in [3.8, 4) is 11.5 Å². The molecule has 0 spiro atoms. The molecule has 0 unspecified atom stereocenters. The number of aromatic hydroxyl groups is 2. The Morgan fingerprint density at radius 1 is 0.826 bits per heavy atom. The lowest BCUT2D eigenvalue weighted by Crippen LogP contribution is -2.09. The lowest BCUT2D eigenvalue weighted by molar-refractivity contribution is 0.253. The third-order valence-corrected chi connectivity index (χ3v) is 3.91. The maximum atomic E-state index is 10.0. The summed E-state index contributed by atoms with van der Waals surface area (Å²) in [6.45, 7) is 2.04. The van der Waals surface area contributed by atoms with E-state index in [4.69, 9.17) is 0 Å². The van der Waals surface area contributed by atoms with Crippen molar-refractivity contribution < 1.29 is 25.5 Å². The molecule has 124 valence electrons. The highest BCUT2D eigenvalue weighted by molar-refractivity contribution is 5.47. The zero-order valence-corrected chi connectivity index (χ0v) is 13.0. The molecule has 7 nitrogen and oxygen atoms in total. The van der Waals surface area contributed by atoms with Crippen molar-refractivity contribution in [3.63, 3.8) is 0 Å². The molecule has 0 saturated carbocycles. The first kappa shape index (κ1) is 17.1. The number of rotatable bonds is 5. The minimum atomic E-state index is -0.428. The van der Waals surface area contributed by atoms with Crippen LogP contribution in [0, 0.1) is 13.8 Å². The Kier molecular flexibility index (Phi) is 5.15. The summed E-state index contributed by atoms with van der Waals surface area (Å²) in [6.07, 6.45) is 1.73. The predicted octanol–water partition coefficient (Wildman–Crippen LogP) is 0.572. The molecule has 0 radical (unpaired) electrons.